The summed E-state index contributed by atoms with van der Waals surface area (Å²) in [6.45, 7) is 2.02. The minimum Gasteiger partial charge on any atom is -0.422 e. The Labute approximate surface area is 165 Å². The number of benzene rings is 2. The average molecular weight is 371 g/mol. The standard InChI is InChI=1S/C25H25NO2/c27-25-22(19-11-3-1-4-12-19)23(26-16-7-2-8-17-26)21-15-9-13-18-10-5-6-14-20(18)24(21)28-25/h1,3-6,10-12,14H,2,7-9,13,15-17H2. The third kappa shape index (κ3) is 2.95. The number of piperidine rings is 1. The van der Waals surface area contributed by atoms with Gasteiger partial charge in [0.2, 0.25) is 0 Å². The average Bonchev–Trinajstić information content (AvgIpc) is 2.93. The fourth-order valence-corrected chi connectivity index (χ4v) is 4.75. The van der Waals surface area contributed by atoms with Crippen LogP contribution in [0.5, 0.6) is 0 Å². The summed E-state index contributed by atoms with van der Waals surface area (Å²) >= 11 is 0. The number of nitrogens with zero attached hydrogens (tertiary/aromatic N) is 1. The molecule has 0 spiro atoms. The molecule has 2 aromatic carbocycles. The van der Waals surface area contributed by atoms with Crippen molar-refractivity contribution in [1.82, 2.24) is 0 Å². The summed E-state index contributed by atoms with van der Waals surface area (Å²) in [5, 5.41) is 0. The summed E-state index contributed by atoms with van der Waals surface area (Å²) in [7, 11) is 0. The van der Waals surface area contributed by atoms with Crippen LogP contribution in [-0.4, -0.2) is 13.1 Å². The van der Waals surface area contributed by atoms with Crippen LogP contribution in [0.15, 0.2) is 63.8 Å². The van der Waals surface area contributed by atoms with E-state index in [4.69, 9.17) is 4.42 Å². The molecule has 5 rings (SSSR count). The lowest BCUT2D eigenvalue weighted by Gasteiger charge is -2.32. The third-order valence-electron chi connectivity index (χ3n) is 6.07. The first-order valence-corrected chi connectivity index (χ1v) is 10.4. The van der Waals surface area contributed by atoms with E-state index in [1.165, 1.54) is 30.4 Å². The molecule has 2 heterocycles. The molecule has 142 valence electrons. The van der Waals surface area contributed by atoms with Gasteiger partial charge in [-0.15, -0.1) is 0 Å². The van der Waals surface area contributed by atoms with Gasteiger partial charge in [0.25, 0.3) is 0 Å². The molecule has 1 aromatic heterocycles. The van der Waals surface area contributed by atoms with Crippen molar-refractivity contribution >= 4 is 5.69 Å². The van der Waals surface area contributed by atoms with Crippen LogP contribution in [0.1, 0.15) is 36.8 Å². The molecule has 0 bridgehead atoms. The first kappa shape index (κ1) is 17.3. The molecule has 0 amide bonds. The molecule has 1 saturated heterocycles. The number of hydrogen-bond donors (Lipinski definition) is 0. The van der Waals surface area contributed by atoms with Crippen LogP contribution < -0.4 is 10.5 Å². The third-order valence-corrected chi connectivity index (χ3v) is 6.07. The number of hydrogen-bond acceptors (Lipinski definition) is 3. The molecule has 0 atom stereocenters. The van der Waals surface area contributed by atoms with Gasteiger partial charge in [-0.3, -0.25) is 0 Å². The van der Waals surface area contributed by atoms with Gasteiger partial charge in [-0.05, 0) is 49.7 Å². The van der Waals surface area contributed by atoms with Crippen molar-refractivity contribution < 1.29 is 4.42 Å². The Morgan fingerprint density at radius 3 is 2.36 bits per heavy atom. The summed E-state index contributed by atoms with van der Waals surface area (Å²) in [5.74, 6) is 0.790. The fourth-order valence-electron chi connectivity index (χ4n) is 4.75. The lowest BCUT2D eigenvalue weighted by atomic mass is 9.95. The van der Waals surface area contributed by atoms with Crippen molar-refractivity contribution in [2.45, 2.75) is 38.5 Å². The van der Waals surface area contributed by atoms with Crippen molar-refractivity contribution in [2.75, 3.05) is 18.0 Å². The summed E-state index contributed by atoms with van der Waals surface area (Å²) < 4.78 is 6.04. The maximum Gasteiger partial charge on any atom is 0.346 e. The van der Waals surface area contributed by atoms with E-state index in [-0.39, 0.29) is 5.63 Å². The van der Waals surface area contributed by atoms with E-state index < -0.39 is 0 Å². The molecule has 0 N–H and O–H groups in total. The van der Waals surface area contributed by atoms with Gasteiger partial charge in [-0.2, -0.15) is 0 Å². The minimum atomic E-state index is -0.220. The Balaban J connectivity index is 1.81. The summed E-state index contributed by atoms with van der Waals surface area (Å²) in [6, 6.07) is 18.4. The predicted octanol–water partition coefficient (Wildman–Crippen LogP) is 5.45. The molecule has 0 saturated carbocycles. The van der Waals surface area contributed by atoms with E-state index in [1.54, 1.807) is 0 Å². The van der Waals surface area contributed by atoms with Crippen LogP contribution in [0, 0.1) is 0 Å². The zero-order valence-corrected chi connectivity index (χ0v) is 16.1. The first-order valence-electron chi connectivity index (χ1n) is 10.4. The van der Waals surface area contributed by atoms with E-state index in [9.17, 15) is 4.79 Å². The van der Waals surface area contributed by atoms with E-state index >= 15 is 0 Å². The number of fused-ring (bicyclic) bond motifs is 3. The number of anilines is 1. The van der Waals surface area contributed by atoms with Crippen LogP contribution in [0.4, 0.5) is 5.69 Å². The highest BCUT2D eigenvalue weighted by atomic mass is 16.4. The molecular formula is C25H25NO2. The molecule has 2 aliphatic rings. The second kappa shape index (κ2) is 7.31. The maximum atomic E-state index is 13.3. The molecule has 3 heteroatoms. The lowest BCUT2D eigenvalue weighted by Crippen LogP contribution is -2.32. The van der Waals surface area contributed by atoms with Gasteiger partial charge < -0.3 is 9.32 Å². The molecule has 28 heavy (non-hydrogen) atoms. The largest absolute Gasteiger partial charge is 0.422 e. The predicted molar refractivity (Wildman–Crippen MR) is 114 cm³/mol. The van der Waals surface area contributed by atoms with Crippen LogP contribution in [0.2, 0.25) is 0 Å². The highest BCUT2D eigenvalue weighted by Crippen LogP contribution is 2.41. The number of rotatable bonds is 2. The van der Waals surface area contributed by atoms with Crippen LogP contribution >= 0.6 is 0 Å². The second-order valence-electron chi connectivity index (χ2n) is 7.85. The van der Waals surface area contributed by atoms with Crippen molar-refractivity contribution in [1.29, 1.82) is 0 Å². The zero-order chi connectivity index (χ0) is 18.9. The van der Waals surface area contributed by atoms with Gasteiger partial charge in [-0.1, -0.05) is 54.6 Å². The second-order valence-corrected chi connectivity index (χ2v) is 7.85. The monoisotopic (exact) mass is 371 g/mol. The lowest BCUT2D eigenvalue weighted by molar-refractivity contribution is 0.517. The van der Waals surface area contributed by atoms with E-state index in [2.05, 4.69) is 23.1 Å². The SMILES string of the molecule is O=c1oc2c(c(N3CCCCC3)c1-c1ccccc1)CCCc1ccccc1-2. The highest BCUT2D eigenvalue weighted by molar-refractivity contribution is 5.85. The van der Waals surface area contributed by atoms with Crippen LogP contribution in [0.3, 0.4) is 0 Å². The Morgan fingerprint density at radius 1 is 0.786 bits per heavy atom. The van der Waals surface area contributed by atoms with Gasteiger partial charge in [0, 0.05) is 24.2 Å². The van der Waals surface area contributed by atoms with Crippen molar-refractivity contribution in [3.05, 3.63) is 76.1 Å². The Bertz CT molecular complexity index is 1050. The number of aryl methyl sites for hydroxylation is 1. The fraction of sp³-hybridized carbons (Fsp3) is 0.320. The van der Waals surface area contributed by atoms with Gasteiger partial charge in [0.15, 0.2) is 0 Å². The van der Waals surface area contributed by atoms with Gasteiger partial charge in [0.1, 0.15) is 5.76 Å². The normalized spacial score (nSPS) is 16.2. The van der Waals surface area contributed by atoms with Gasteiger partial charge in [0.05, 0.1) is 11.3 Å². The zero-order valence-electron chi connectivity index (χ0n) is 16.1. The first-order chi connectivity index (χ1) is 13.8. The molecule has 1 aliphatic carbocycles. The van der Waals surface area contributed by atoms with Crippen LogP contribution in [0.25, 0.3) is 22.5 Å². The van der Waals surface area contributed by atoms with Crippen LogP contribution in [-0.2, 0) is 12.8 Å². The quantitative estimate of drug-likeness (QED) is 0.600. The molecule has 3 nitrogen and oxygen atoms in total. The van der Waals surface area contributed by atoms with Crippen molar-refractivity contribution in [3.63, 3.8) is 0 Å². The molecule has 1 fully saturated rings. The van der Waals surface area contributed by atoms with Gasteiger partial charge in [-0.25, -0.2) is 4.79 Å². The Morgan fingerprint density at radius 2 is 1.54 bits per heavy atom. The topological polar surface area (TPSA) is 33.5 Å². The Hall–Kier alpha value is -2.81. The Kier molecular flexibility index (Phi) is 4.52. The maximum absolute atomic E-state index is 13.3. The van der Waals surface area contributed by atoms with E-state index in [0.29, 0.717) is 0 Å². The summed E-state index contributed by atoms with van der Waals surface area (Å²) in [6.07, 6.45) is 6.67. The summed E-state index contributed by atoms with van der Waals surface area (Å²) in [5.41, 5.74) is 6.17. The van der Waals surface area contributed by atoms with Crippen molar-refractivity contribution in [2.24, 2.45) is 0 Å². The molecular weight excluding hydrogens is 346 g/mol. The molecule has 1 aliphatic heterocycles. The summed E-state index contributed by atoms with van der Waals surface area (Å²) in [4.78, 5) is 15.7. The molecule has 0 unspecified atom stereocenters. The molecule has 0 radical (unpaired) electrons. The van der Waals surface area contributed by atoms with E-state index in [1.807, 2.05) is 36.4 Å². The van der Waals surface area contributed by atoms with E-state index in [0.717, 1.165) is 60.5 Å². The van der Waals surface area contributed by atoms with Crippen molar-refractivity contribution in [3.8, 4) is 22.5 Å². The smallest absolute Gasteiger partial charge is 0.346 e. The molecule has 3 aromatic rings. The highest BCUT2D eigenvalue weighted by Gasteiger charge is 2.28. The van der Waals surface area contributed by atoms with Gasteiger partial charge >= 0.3 is 5.63 Å². The minimum absolute atomic E-state index is 0.220.